The fraction of sp³-hybridized carbons (Fsp3) is 0.875. The van der Waals surface area contributed by atoms with Crippen LogP contribution in [0.2, 0.25) is 0 Å². The Labute approximate surface area is 82.9 Å². The number of hydrogen-bond donors (Lipinski definition) is 2. The number of rotatable bonds is 6. The monoisotopic (exact) mass is 207 g/mol. The molecule has 5 heteroatoms. The first-order valence-corrected chi connectivity index (χ1v) is 5.23. The lowest BCUT2D eigenvalue weighted by Crippen LogP contribution is -2.21. The number of nitrogens with zero attached hydrogens (tertiary/aromatic N) is 1. The van der Waals surface area contributed by atoms with Crippen LogP contribution in [0.15, 0.2) is 0 Å². The molecule has 0 saturated carbocycles. The van der Waals surface area contributed by atoms with E-state index in [1.165, 1.54) is 11.8 Å². The Morgan fingerprint density at radius 1 is 1.54 bits per heavy atom. The summed E-state index contributed by atoms with van der Waals surface area (Å²) in [5.74, 6) is 0.792. The van der Waals surface area contributed by atoms with Gasteiger partial charge < -0.3 is 15.1 Å². The smallest absolute Gasteiger partial charge is 0.222 e. The molecule has 0 fully saturated rings. The third-order valence-electron chi connectivity index (χ3n) is 1.50. The van der Waals surface area contributed by atoms with Crippen molar-refractivity contribution in [3.63, 3.8) is 0 Å². The molecule has 0 aromatic heterocycles. The average molecular weight is 207 g/mol. The summed E-state index contributed by atoms with van der Waals surface area (Å²) in [5.41, 5.74) is -0.713. The van der Waals surface area contributed by atoms with E-state index in [0.29, 0.717) is 12.2 Å². The van der Waals surface area contributed by atoms with Crippen molar-refractivity contribution >= 4 is 17.7 Å². The fourth-order valence-corrected chi connectivity index (χ4v) is 1.41. The second-order valence-corrected chi connectivity index (χ2v) is 4.19. The molecule has 13 heavy (non-hydrogen) atoms. The van der Waals surface area contributed by atoms with Gasteiger partial charge in [-0.05, 0) is 12.2 Å². The van der Waals surface area contributed by atoms with E-state index in [1.807, 2.05) is 0 Å². The summed E-state index contributed by atoms with van der Waals surface area (Å²) in [5, 5.41) is 17.4. The van der Waals surface area contributed by atoms with Crippen LogP contribution in [-0.4, -0.2) is 52.9 Å². The molecular formula is C8H17NO3S. The van der Waals surface area contributed by atoms with Crippen molar-refractivity contribution in [1.82, 2.24) is 4.90 Å². The molecule has 2 N–H and O–H groups in total. The summed E-state index contributed by atoms with van der Waals surface area (Å²) in [4.78, 5) is 12.6. The Bertz CT molecular complexity index is 152. The molecular weight excluding hydrogens is 190 g/mol. The first kappa shape index (κ1) is 12.7. The largest absolute Gasteiger partial charge is 0.393 e. The molecule has 0 aliphatic rings. The number of carbonyl (C=O) groups is 1. The Hall–Kier alpha value is -0.260. The van der Waals surface area contributed by atoms with E-state index in [-0.39, 0.29) is 12.5 Å². The highest BCUT2D eigenvalue weighted by atomic mass is 32.2. The van der Waals surface area contributed by atoms with Crippen LogP contribution in [0.3, 0.4) is 0 Å². The van der Waals surface area contributed by atoms with Crippen molar-refractivity contribution in [3.8, 4) is 0 Å². The summed E-state index contributed by atoms with van der Waals surface area (Å²) in [6, 6.07) is 0. The summed E-state index contributed by atoms with van der Waals surface area (Å²) in [6.07, 6.45) is 1.23. The van der Waals surface area contributed by atoms with Gasteiger partial charge in [-0.1, -0.05) is 0 Å². The minimum absolute atomic E-state index is 0.0964. The van der Waals surface area contributed by atoms with Gasteiger partial charge in [0.05, 0.1) is 6.61 Å². The van der Waals surface area contributed by atoms with Crippen LogP contribution >= 0.6 is 11.8 Å². The molecule has 0 aromatic rings. The van der Waals surface area contributed by atoms with Gasteiger partial charge in [0.15, 0.2) is 0 Å². The third kappa shape index (κ3) is 6.86. The SMILES string of the molecule is CN(C)C(=O)CCCSC(O)CO. The van der Waals surface area contributed by atoms with Gasteiger partial charge >= 0.3 is 0 Å². The van der Waals surface area contributed by atoms with Crippen LogP contribution in [0.5, 0.6) is 0 Å². The number of hydrogen-bond acceptors (Lipinski definition) is 4. The number of carbonyl (C=O) groups excluding carboxylic acids is 1. The maximum Gasteiger partial charge on any atom is 0.222 e. The Balaban J connectivity index is 3.31. The molecule has 0 aromatic carbocycles. The number of thioether (sulfide) groups is 1. The van der Waals surface area contributed by atoms with Crippen molar-refractivity contribution in [3.05, 3.63) is 0 Å². The van der Waals surface area contributed by atoms with Gasteiger partial charge in [-0.15, -0.1) is 11.8 Å². The molecule has 0 aliphatic heterocycles. The zero-order chi connectivity index (χ0) is 10.3. The predicted octanol–water partition coefficient (Wildman–Crippen LogP) is -0.101. The highest BCUT2D eigenvalue weighted by Crippen LogP contribution is 2.10. The van der Waals surface area contributed by atoms with E-state index in [1.54, 1.807) is 19.0 Å². The highest BCUT2D eigenvalue weighted by molar-refractivity contribution is 7.99. The quantitative estimate of drug-likeness (QED) is 0.471. The van der Waals surface area contributed by atoms with Crippen LogP contribution < -0.4 is 0 Å². The third-order valence-corrected chi connectivity index (χ3v) is 2.56. The van der Waals surface area contributed by atoms with E-state index in [2.05, 4.69) is 0 Å². The van der Waals surface area contributed by atoms with E-state index in [0.717, 1.165) is 6.42 Å². The standard InChI is InChI=1S/C8H17NO3S/c1-9(2)7(11)4-3-5-13-8(12)6-10/h8,10,12H,3-6H2,1-2H3. The minimum Gasteiger partial charge on any atom is -0.393 e. The summed E-state index contributed by atoms with van der Waals surface area (Å²) >= 11 is 1.26. The average Bonchev–Trinajstić information content (AvgIpc) is 2.11. The molecule has 4 nitrogen and oxygen atoms in total. The molecule has 0 radical (unpaired) electrons. The van der Waals surface area contributed by atoms with Gasteiger partial charge in [-0.25, -0.2) is 0 Å². The van der Waals surface area contributed by atoms with E-state index < -0.39 is 5.44 Å². The van der Waals surface area contributed by atoms with Crippen molar-refractivity contribution < 1.29 is 15.0 Å². The van der Waals surface area contributed by atoms with Crippen LogP contribution in [0, 0.1) is 0 Å². The molecule has 0 spiro atoms. The minimum atomic E-state index is -0.713. The highest BCUT2D eigenvalue weighted by Gasteiger charge is 2.05. The Kier molecular flexibility index (Phi) is 7.03. The molecule has 0 saturated heterocycles. The van der Waals surface area contributed by atoms with E-state index in [9.17, 15) is 4.79 Å². The summed E-state index contributed by atoms with van der Waals surface area (Å²) < 4.78 is 0. The summed E-state index contributed by atoms with van der Waals surface area (Å²) in [7, 11) is 3.44. The first-order valence-electron chi connectivity index (χ1n) is 4.18. The van der Waals surface area contributed by atoms with Gasteiger partial charge in [0.25, 0.3) is 0 Å². The van der Waals surface area contributed by atoms with E-state index in [4.69, 9.17) is 10.2 Å². The molecule has 1 atom stereocenters. The Morgan fingerprint density at radius 2 is 2.15 bits per heavy atom. The number of amides is 1. The maximum atomic E-state index is 11.1. The topological polar surface area (TPSA) is 60.8 Å². The van der Waals surface area contributed by atoms with Crippen LogP contribution in [0.4, 0.5) is 0 Å². The molecule has 0 bridgehead atoms. The normalized spacial score (nSPS) is 12.6. The number of aliphatic hydroxyl groups is 2. The molecule has 78 valence electrons. The zero-order valence-electron chi connectivity index (χ0n) is 8.06. The van der Waals surface area contributed by atoms with Gasteiger partial charge in [0, 0.05) is 20.5 Å². The molecule has 1 unspecified atom stereocenters. The summed E-state index contributed by atoms with van der Waals surface area (Å²) in [6.45, 7) is -0.230. The lowest BCUT2D eigenvalue weighted by Gasteiger charge is -2.10. The maximum absolute atomic E-state index is 11.1. The van der Waals surface area contributed by atoms with E-state index >= 15 is 0 Å². The zero-order valence-corrected chi connectivity index (χ0v) is 8.88. The van der Waals surface area contributed by atoms with Gasteiger partial charge in [-0.2, -0.15) is 0 Å². The lowest BCUT2D eigenvalue weighted by molar-refractivity contribution is -0.128. The molecule has 0 heterocycles. The van der Waals surface area contributed by atoms with Crippen molar-refractivity contribution in [2.45, 2.75) is 18.3 Å². The van der Waals surface area contributed by atoms with Crippen molar-refractivity contribution in [1.29, 1.82) is 0 Å². The predicted molar refractivity (Wildman–Crippen MR) is 53.5 cm³/mol. The van der Waals surface area contributed by atoms with Gasteiger partial charge in [0.1, 0.15) is 5.44 Å². The lowest BCUT2D eigenvalue weighted by atomic mass is 10.3. The van der Waals surface area contributed by atoms with Crippen LogP contribution in [-0.2, 0) is 4.79 Å². The second-order valence-electron chi connectivity index (χ2n) is 2.90. The van der Waals surface area contributed by atoms with Gasteiger partial charge in [-0.3, -0.25) is 4.79 Å². The van der Waals surface area contributed by atoms with Crippen molar-refractivity contribution in [2.75, 3.05) is 26.5 Å². The van der Waals surface area contributed by atoms with Gasteiger partial charge in [0.2, 0.25) is 5.91 Å². The fourth-order valence-electron chi connectivity index (χ4n) is 0.719. The molecule has 0 rings (SSSR count). The number of aliphatic hydroxyl groups excluding tert-OH is 2. The second kappa shape index (κ2) is 7.17. The molecule has 0 aliphatic carbocycles. The molecule has 1 amide bonds. The van der Waals surface area contributed by atoms with Crippen LogP contribution in [0.1, 0.15) is 12.8 Å². The van der Waals surface area contributed by atoms with Crippen molar-refractivity contribution in [2.24, 2.45) is 0 Å². The Morgan fingerprint density at radius 3 is 2.62 bits per heavy atom. The first-order chi connectivity index (χ1) is 6.07. The van der Waals surface area contributed by atoms with Crippen LogP contribution in [0.25, 0.3) is 0 Å².